The lowest BCUT2D eigenvalue weighted by molar-refractivity contribution is 0.0856. The molecule has 2 nitrogen and oxygen atoms in total. The summed E-state index contributed by atoms with van der Waals surface area (Å²) in [6, 6.07) is 2.10. The molecule has 0 aromatic heterocycles. The van der Waals surface area contributed by atoms with Crippen LogP contribution in [0.3, 0.4) is 0 Å². The molecular formula is C13H23NO. The van der Waals surface area contributed by atoms with Crippen molar-refractivity contribution in [2.24, 2.45) is 0 Å². The molecule has 0 aromatic rings. The van der Waals surface area contributed by atoms with Crippen LogP contribution < -0.4 is 0 Å². The van der Waals surface area contributed by atoms with Gasteiger partial charge in [0.05, 0.1) is 25.2 Å². The Labute approximate surface area is 93.9 Å². The summed E-state index contributed by atoms with van der Waals surface area (Å²) in [6.45, 7) is 8.72. The summed E-state index contributed by atoms with van der Waals surface area (Å²) in [5, 5.41) is 8.45. The van der Waals surface area contributed by atoms with Crippen LogP contribution in [-0.2, 0) is 4.74 Å². The van der Waals surface area contributed by atoms with Crippen molar-refractivity contribution in [1.29, 1.82) is 5.26 Å². The van der Waals surface area contributed by atoms with E-state index in [9.17, 15) is 0 Å². The first-order valence-corrected chi connectivity index (χ1v) is 5.85. The van der Waals surface area contributed by atoms with Gasteiger partial charge in [0.15, 0.2) is 0 Å². The molecule has 1 atom stereocenters. The summed E-state index contributed by atoms with van der Waals surface area (Å²) in [4.78, 5) is 0. The number of rotatable bonds is 9. The zero-order chi connectivity index (χ0) is 11.5. The monoisotopic (exact) mass is 209 g/mol. The minimum Gasteiger partial charge on any atom is -0.373 e. The molecule has 0 bridgehead atoms. The molecule has 0 heterocycles. The van der Waals surface area contributed by atoms with Crippen LogP contribution in [0.4, 0.5) is 0 Å². The number of nitrogens with zero attached hydrogens (tertiary/aromatic N) is 1. The fraction of sp³-hybridized carbons (Fsp3) is 0.769. The second-order valence-electron chi connectivity index (χ2n) is 4.04. The normalized spacial score (nSPS) is 12.1. The summed E-state index contributed by atoms with van der Waals surface area (Å²) in [5.41, 5.74) is 1.15. The molecule has 1 unspecified atom stereocenters. The molecular weight excluding hydrogens is 186 g/mol. The van der Waals surface area contributed by atoms with Crippen LogP contribution >= 0.6 is 0 Å². The third kappa shape index (κ3) is 9.49. The zero-order valence-electron chi connectivity index (χ0n) is 10.1. The Morgan fingerprint density at radius 3 is 2.73 bits per heavy atom. The first kappa shape index (κ1) is 14.2. The van der Waals surface area contributed by atoms with Crippen LogP contribution in [0.1, 0.15) is 52.4 Å². The number of hydrogen-bond donors (Lipinski definition) is 0. The van der Waals surface area contributed by atoms with E-state index in [1.165, 1.54) is 25.7 Å². The molecule has 0 aliphatic rings. The van der Waals surface area contributed by atoms with Gasteiger partial charge in [0, 0.05) is 0 Å². The highest BCUT2D eigenvalue weighted by atomic mass is 16.5. The fourth-order valence-electron chi connectivity index (χ4n) is 1.32. The van der Waals surface area contributed by atoms with Crippen molar-refractivity contribution in [2.75, 3.05) is 6.61 Å². The minimum absolute atomic E-state index is 0.0300. The van der Waals surface area contributed by atoms with Gasteiger partial charge in [-0.3, -0.25) is 0 Å². The van der Waals surface area contributed by atoms with Crippen molar-refractivity contribution < 1.29 is 4.74 Å². The van der Waals surface area contributed by atoms with Crippen LogP contribution in [0.15, 0.2) is 12.2 Å². The van der Waals surface area contributed by atoms with E-state index in [0.717, 1.165) is 12.0 Å². The van der Waals surface area contributed by atoms with Crippen molar-refractivity contribution in [3.63, 3.8) is 0 Å². The van der Waals surface area contributed by atoms with Gasteiger partial charge in [-0.25, -0.2) is 0 Å². The lowest BCUT2D eigenvalue weighted by Gasteiger charge is -2.11. The molecule has 15 heavy (non-hydrogen) atoms. The Hall–Kier alpha value is -0.810. The van der Waals surface area contributed by atoms with Crippen molar-refractivity contribution in [2.45, 2.75) is 58.5 Å². The average Bonchev–Trinajstić information content (AvgIpc) is 2.22. The van der Waals surface area contributed by atoms with Gasteiger partial charge < -0.3 is 4.74 Å². The predicted molar refractivity (Wildman–Crippen MR) is 63.5 cm³/mol. The van der Waals surface area contributed by atoms with Crippen LogP contribution in [-0.4, -0.2) is 12.7 Å². The second kappa shape index (κ2) is 9.73. The maximum Gasteiger partial charge on any atom is 0.0681 e. The van der Waals surface area contributed by atoms with Gasteiger partial charge in [0.1, 0.15) is 0 Å². The van der Waals surface area contributed by atoms with Gasteiger partial charge in [-0.1, -0.05) is 38.3 Å². The number of unbranched alkanes of at least 4 members (excludes halogenated alkanes) is 3. The highest BCUT2D eigenvalue weighted by molar-refractivity contribution is 4.94. The second-order valence-corrected chi connectivity index (χ2v) is 4.04. The van der Waals surface area contributed by atoms with E-state index in [1.807, 2.05) is 6.92 Å². The predicted octanol–water partition coefficient (Wildman–Crippen LogP) is 3.83. The summed E-state index contributed by atoms with van der Waals surface area (Å²) in [7, 11) is 0. The van der Waals surface area contributed by atoms with Crippen LogP contribution in [0, 0.1) is 11.3 Å². The van der Waals surface area contributed by atoms with Gasteiger partial charge >= 0.3 is 0 Å². The highest BCUT2D eigenvalue weighted by Gasteiger charge is 2.02. The Morgan fingerprint density at radius 1 is 1.40 bits per heavy atom. The van der Waals surface area contributed by atoms with Gasteiger partial charge in [-0.05, 0) is 19.8 Å². The van der Waals surface area contributed by atoms with Crippen LogP contribution in [0.25, 0.3) is 0 Å². The summed E-state index contributed by atoms with van der Waals surface area (Å²) in [6.07, 6.45) is 6.61. The molecule has 0 amide bonds. The van der Waals surface area contributed by atoms with E-state index in [4.69, 9.17) is 10.00 Å². The van der Waals surface area contributed by atoms with E-state index in [0.29, 0.717) is 13.0 Å². The highest BCUT2D eigenvalue weighted by Crippen LogP contribution is 2.10. The lowest BCUT2D eigenvalue weighted by Crippen LogP contribution is -2.09. The molecule has 0 aromatic carbocycles. The molecule has 0 aliphatic carbocycles. The van der Waals surface area contributed by atoms with E-state index in [-0.39, 0.29) is 6.10 Å². The molecule has 0 aliphatic heterocycles. The number of hydrogen-bond acceptors (Lipinski definition) is 2. The minimum atomic E-state index is 0.0300. The molecule has 0 saturated heterocycles. The largest absolute Gasteiger partial charge is 0.373 e. The molecule has 0 radical (unpaired) electrons. The standard InChI is InChI=1S/C13H23NO/c1-4-5-6-7-8-12(2)11-15-13(3)9-10-14/h13H,2,4-9,11H2,1,3H3. The topological polar surface area (TPSA) is 33.0 Å². The molecule has 0 saturated carbocycles. The SMILES string of the molecule is C=C(CCCCCC)COC(C)CC#N. The molecule has 86 valence electrons. The molecule has 0 N–H and O–H groups in total. The Bertz CT molecular complexity index is 205. The van der Waals surface area contributed by atoms with E-state index in [1.54, 1.807) is 0 Å². The fourth-order valence-corrected chi connectivity index (χ4v) is 1.32. The molecule has 0 spiro atoms. The van der Waals surface area contributed by atoms with Gasteiger partial charge in [0.25, 0.3) is 0 Å². The van der Waals surface area contributed by atoms with Crippen molar-refractivity contribution in [3.8, 4) is 6.07 Å². The van der Waals surface area contributed by atoms with Crippen molar-refractivity contribution >= 4 is 0 Å². The smallest absolute Gasteiger partial charge is 0.0681 e. The lowest BCUT2D eigenvalue weighted by atomic mass is 10.1. The maximum atomic E-state index is 8.45. The average molecular weight is 209 g/mol. The Balaban J connectivity index is 3.37. The van der Waals surface area contributed by atoms with Gasteiger partial charge in [-0.15, -0.1) is 0 Å². The first-order chi connectivity index (χ1) is 7.20. The Morgan fingerprint density at radius 2 is 2.13 bits per heavy atom. The zero-order valence-corrected chi connectivity index (χ0v) is 10.1. The van der Waals surface area contributed by atoms with E-state index in [2.05, 4.69) is 19.6 Å². The van der Waals surface area contributed by atoms with Crippen molar-refractivity contribution in [3.05, 3.63) is 12.2 Å². The third-order valence-corrected chi connectivity index (χ3v) is 2.33. The van der Waals surface area contributed by atoms with E-state index >= 15 is 0 Å². The Kier molecular flexibility index (Phi) is 9.21. The van der Waals surface area contributed by atoms with Gasteiger partial charge in [0.2, 0.25) is 0 Å². The number of ether oxygens (including phenoxy) is 1. The van der Waals surface area contributed by atoms with Crippen LogP contribution in [0.2, 0.25) is 0 Å². The van der Waals surface area contributed by atoms with Crippen LogP contribution in [0.5, 0.6) is 0 Å². The first-order valence-electron chi connectivity index (χ1n) is 5.85. The van der Waals surface area contributed by atoms with Gasteiger partial charge in [-0.2, -0.15) is 5.26 Å². The summed E-state index contributed by atoms with van der Waals surface area (Å²) >= 11 is 0. The molecule has 0 fully saturated rings. The third-order valence-electron chi connectivity index (χ3n) is 2.33. The van der Waals surface area contributed by atoms with E-state index < -0.39 is 0 Å². The molecule has 0 rings (SSSR count). The maximum absolute atomic E-state index is 8.45. The molecule has 2 heteroatoms. The number of nitriles is 1. The summed E-state index contributed by atoms with van der Waals surface area (Å²) in [5.74, 6) is 0. The quantitative estimate of drug-likeness (QED) is 0.427. The summed E-state index contributed by atoms with van der Waals surface area (Å²) < 4.78 is 5.48. The van der Waals surface area contributed by atoms with Crippen molar-refractivity contribution in [1.82, 2.24) is 0 Å².